The lowest BCUT2D eigenvalue weighted by Gasteiger charge is -2.19. The van der Waals surface area contributed by atoms with Crippen LogP contribution in [0, 0.1) is 0 Å². The molecule has 0 aliphatic carbocycles. The molecule has 48 heavy (non-hydrogen) atoms. The molecule has 220 valence electrons. The topological polar surface area (TPSA) is 0 Å². The summed E-state index contributed by atoms with van der Waals surface area (Å²) in [4.78, 5) is 0. The van der Waals surface area contributed by atoms with Gasteiger partial charge >= 0.3 is 0 Å². The van der Waals surface area contributed by atoms with Crippen LogP contribution >= 0.6 is 0 Å². The average Bonchev–Trinajstić information content (AvgIpc) is 3.15. The van der Waals surface area contributed by atoms with Crippen molar-refractivity contribution in [2.75, 3.05) is 0 Å². The van der Waals surface area contributed by atoms with Crippen LogP contribution in [0.4, 0.5) is 0 Å². The molecular formula is C48H28. The normalized spacial score (nSPS) is 12.2. The Morgan fingerprint density at radius 1 is 0.229 bits per heavy atom. The molecule has 0 spiro atoms. The van der Waals surface area contributed by atoms with E-state index in [1.165, 1.54) is 109 Å². The van der Waals surface area contributed by atoms with Crippen LogP contribution in [0.15, 0.2) is 170 Å². The Balaban J connectivity index is 1.20. The van der Waals surface area contributed by atoms with Gasteiger partial charge in [0.1, 0.15) is 0 Å². The maximum absolute atomic E-state index is 2.40. The van der Waals surface area contributed by atoms with Crippen LogP contribution in [0.2, 0.25) is 0 Å². The number of hydrogen-bond acceptors (Lipinski definition) is 0. The predicted octanol–water partition coefficient (Wildman–Crippen LogP) is 13.6. The number of fused-ring (bicyclic) bond motifs is 1. The van der Waals surface area contributed by atoms with Gasteiger partial charge in [-0.15, -0.1) is 0 Å². The van der Waals surface area contributed by atoms with Crippen LogP contribution in [-0.2, 0) is 0 Å². The Kier molecular flexibility index (Phi) is 5.20. The zero-order chi connectivity index (χ0) is 31.3. The van der Waals surface area contributed by atoms with Gasteiger partial charge in [0.15, 0.2) is 0 Å². The molecule has 0 saturated carbocycles. The van der Waals surface area contributed by atoms with Gasteiger partial charge in [-0.25, -0.2) is 0 Å². The van der Waals surface area contributed by atoms with Crippen molar-refractivity contribution in [1.29, 1.82) is 0 Å². The van der Waals surface area contributed by atoms with E-state index in [9.17, 15) is 0 Å². The van der Waals surface area contributed by atoms with Gasteiger partial charge in [0, 0.05) is 0 Å². The van der Waals surface area contributed by atoms with E-state index in [1.54, 1.807) is 0 Å². The highest BCUT2D eigenvalue weighted by Gasteiger charge is 2.19. The van der Waals surface area contributed by atoms with E-state index in [0.29, 0.717) is 0 Å². The second-order valence-electron chi connectivity index (χ2n) is 13.2. The van der Waals surface area contributed by atoms with Crippen LogP contribution < -0.4 is 0 Å². The van der Waals surface area contributed by atoms with Crippen LogP contribution in [-0.4, -0.2) is 0 Å². The van der Waals surface area contributed by atoms with Crippen molar-refractivity contribution >= 4 is 75.4 Å². The van der Waals surface area contributed by atoms with Gasteiger partial charge in [0.05, 0.1) is 0 Å². The lowest BCUT2D eigenvalue weighted by molar-refractivity contribution is 1.62. The van der Waals surface area contributed by atoms with E-state index >= 15 is 0 Å². The van der Waals surface area contributed by atoms with Crippen LogP contribution in [0.5, 0.6) is 0 Å². The largest absolute Gasteiger partial charge is 0.0622 e. The first-order chi connectivity index (χ1) is 23.8. The highest BCUT2D eigenvalue weighted by molar-refractivity contribution is 6.28. The molecule has 0 heteroatoms. The highest BCUT2D eigenvalue weighted by atomic mass is 14.2. The van der Waals surface area contributed by atoms with E-state index in [4.69, 9.17) is 0 Å². The number of hydrogen-bond donors (Lipinski definition) is 0. The molecule has 11 aromatic carbocycles. The third-order valence-electron chi connectivity index (χ3n) is 10.7. The summed E-state index contributed by atoms with van der Waals surface area (Å²) in [5.74, 6) is 0. The van der Waals surface area contributed by atoms with Crippen molar-refractivity contribution in [3.8, 4) is 33.4 Å². The molecule has 0 radical (unpaired) electrons. The summed E-state index contributed by atoms with van der Waals surface area (Å²) in [5, 5.41) is 18.3. The second-order valence-corrected chi connectivity index (χ2v) is 13.2. The van der Waals surface area contributed by atoms with Gasteiger partial charge in [-0.3, -0.25) is 0 Å². The Morgan fingerprint density at radius 3 is 1.31 bits per heavy atom. The maximum Gasteiger partial charge on any atom is -0.00206 e. The smallest absolute Gasteiger partial charge is 0.00206 e. The van der Waals surface area contributed by atoms with Gasteiger partial charge in [-0.2, -0.15) is 0 Å². The fourth-order valence-corrected chi connectivity index (χ4v) is 8.59. The van der Waals surface area contributed by atoms with E-state index in [2.05, 4.69) is 170 Å². The van der Waals surface area contributed by atoms with E-state index in [1.807, 2.05) is 0 Å². The molecule has 0 aromatic heterocycles. The molecule has 0 aliphatic rings. The number of benzene rings is 11. The van der Waals surface area contributed by atoms with Crippen molar-refractivity contribution in [3.05, 3.63) is 170 Å². The first-order valence-electron chi connectivity index (χ1n) is 16.8. The highest BCUT2D eigenvalue weighted by Crippen LogP contribution is 2.46. The number of rotatable bonds is 3. The van der Waals surface area contributed by atoms with Crippen molar-refractivity contribution in [2.24, 2.45) is 0 Å². The average molecular weight is 605 g/mol. The van der Waals surface area contributed by atoms with Gasteiger partial charge in [0.2, 0.25) is 0 Å². The first kappa shape index (κ1) is 25.9. The summed E-state index contributed by atoms with van der Waals surface area (Å²) in [7, 11) is 0. The Hall–Kier alpha value is -6.24. The van der Waals surface area contributed by atoms with Crippen molar-refractivity contribution in [3.63, 3.8) is 0 Å². The lowest BCUT2D eigenvalue weighted by atomic mass is 9.84. The molecule has 0 saturated heterocycles. The van der Waals surface area contributed by atoms with Crippen LogP contribution in [0.25, 0.3) is 109 Å². The lowest BCUT2D eigenvalue weighted by Crippen LogP contribution is -1.92. The quantitative estimate of drug-likeness (QED) is 0.176. The van der Waals surface area contributed by atoms with Gasteiger partial charge in [0.25, 0.3) is 0 Å². The molecule has 0 N–H and O–H groups in total. The maximum atomic E-state index is 2.40. The molecule has 0 heterocycles. The minimum atomic E-state index is 1.23. The molecule has 0 atom stereocenters. The second kappa shape index (κ2) is 9.64. The third kappa shape index (κ3) is 3.55. The first-order valence-corrected chi connectivity index (χ1v) is 16.8. The standard InChI is InChI=1S/C48H28/c1-2-6-29(7-3-1)39-23-21-37-28-36(38-22-16-34-14-12-30-8-4-10-32-17-25-41(38)46(34)44(30)32)20-24-40(37)48(39)43-27-19-35-15-13-31-9-5-11-33-18-26-42(43)47(35)45(31)33/h1-28H. The third-order valence-corrected chi connectivity index (χ3v) is 10.7. The fourth-order valence-electron chi connectivity index (χ4n) is 8.59. The minimum Gasteiger partial charge on any atom is -0.0622 e. The summed E-state index contributed by atoms with van der Waals surface area (Å²) in [6, 6.07) is 63.4. The molecule has 0 fully saturated rings. The molecule has 0 bridgehead atoms. The molecule has 0 aliphatic heterocycles. The Bertz CT molecular complexity index is 3010. The molecule has 11 rings (SSSR count). The molecule has 11 aromatic rings. The van der Waals surface area contributed by atoms with Gasteiger partial charge in [-0.1, -0.05) is 164 Å². The van der Waals surface area contributed by atoms with Gasteiger partial charge < -0.3 is 0 Å². The van der Waals surface area contributed by atoms with Gasteiger partial charge in [-0.05, 0) is 115 Å². The van der Waals surface area contributed by atoms with E-state index in [0.717, 1.165) is 0 Å². The molecular weight excluding hydrogens is 577 g/mol. The molecule has 0 unspecified atom stereocenters. The monoisotopic (exact) mass is 604 g/mol. The van der Waals surface area contributed by atoms with E-state index in [-0.39, 0.29) is 0 Å². The van der Waals surface area contributed by atoms with Crippen molar-refractivity contribution < 1.29 is 0 Å². The minimum absolute atomic E-state index is 1.23. The predicted molar refractivity (Wildman–Crippen MR) is 208 cm³/mol. The molecule has 0 nitrogen and oxygen atoms in total. The Morgan fingerprint density at radius 2 is 0.688 bits per heavy atom. The zero-order valence-electron chi connectivity index (χ0n) is 26.2. The fraction of sp³-hybridized carbons (Fsp3) is 0. The van der Waals surface area contributed by atoms with E-state index < -0.39 is 0 Å². The summed E-state index contributed by atoms with van der Waals surface area (Å²) >= 11 is 0. The van der Waals surface area contributed by atoms with Crippen molar-refractivity contribution in [1.82, 2.24) is 0 Å². The van der Waals surface area contributed by atoms with Crippen LogP contribution in [0.1, 0.15) is 0 Å². The van der Waals surface area contributed by atoms with Crippen molar-refractivity contribution in [2.45, 2.75) is 0 Å². The summed E-state index contributed by atoms with van der Waals surface area (Å²) in [5.41, 5.74) is 7.58. The zero-order valence-corrected chi connectivity index (χ0v) is 26.2. The molecule has 0 amide bonds. The summed E-state index contributed by atoms with van der Waals surface area (Å²) in [6.07, 6.45) is 0. The SMILES string of the molecule is c1ccc(-c2ccc3cc(-c4ccc5ccc6cccc7ccc4c5c67)ccc3c2-c2ccc3ccc4cccc5ccc2c3c45)cc1. The summed E-state index contributed by atoms with van der Waals surface area (Å²) < 4.78 is 0. The Labute approximate surface area is 277 Å². The van der Waals surface area contributed by atoms with Crippen LogP contribution in [0.3, 0.4) is 0 Å². The summed E-state index contributed by atoms with van der Waals surface area (Å²) in [6.45, 7) is 0.